The van der Waals surface area contributed by atoms with Crippen LogP contribution < -0.4 is 0 Å². The molecule has 0 fully saturated rings. The summed E-state index contributed by atoms with van der Waals surface area (Å²) in [7, 11) is 0. The fourth-order valence-electron chi connectivity index (χ4n) is 8.22. The molecule has 3 nitrogen and oxygen atoms in total. The highest BCUT2D eigenvalue weighted by Crippen LogP contribution is 2.44. The summed E-state index contributed by atoms with van der Waals surface area (Å²) in [6, 6.07) is 66.8. The second-order valence-electron chi connectivity index (χ2n) is 13.9. The van der Waals surface area contributed by atoms with Gasteiger partial charge in [0.05, 0.1) is 0 Å². The van der Waals surface area contributed by atoms with Crippen LogP contribution in [-0.2, 0) is 0 Å². The van der Waals surface area contributed by atoms with E-state index in [9.17, 15) is 0 Å². The van der Waals surface area contributed by atoms with E-state index in [0.29, 0.717) is 17.5 Å². The molecular weight excluding hydrogens is 687 g/mol. The average molecular weight is 718 g/mol. The molecular formula is C51H31N3S. The van der Waals surface area contributed by atoms with Crippen molar-refractivity contribution in [1.82, 2.24) is 15.0 Å². The molecule has 0 saturated carbocycles. The Morgan fingerprint density at radius 1 is 0.291 bits per heavy atom. The van der Waals surface area contributed by atoms with Gasteiger partial charge in [-0.2, -0.15) is 0 Å². The van der Waals surface area contributed by atoms with Crippen LogP contribution in [0.2, 0.25) is 0 Å². The molecule has 256 valence electrons. The van der Waals surface area contributed by atoms with Crippen molar-refractivity contribution in [3.63, 3.8) is 0 Å². The van der Waals surface area contributed by atoms with Crippen molar-refractivity contribution in [2.24, 2.45) is 0 Å². The number of benzene rings is 9. The van der Waals surface area contributed by atoms with E-state index in [2.05, 4.69) is 188 Å². The number of nitrogens with zero attached hydrogens (tertiary/aromatic N) is 3. The molecule has 0 aliphatic carbocycles. The van der Waals surface area contributed by atoms with Crippen LogP contribution in [0.15, 0.2) is 188 Å². The highest BCUT2D eigenvalue weighted by atomic mass is 32.1. The minimum absolute atomic E-state index is 0.642. The highest BCUT2D eigenvalue weighted by molar-refractivity contribution is 7.26. The van der Waals surface area contributed by atoms with Crippen LogP contribution >= 0.6 is 11.3 Å². The molecule has 0 unspecified atom stereocenters. The summed E-state index contributed by atoms with van der Waals surface area (Å²) in [5.74, 6) is 1.96. The number of rotatable bonds is 5. The molecule has 0 saturated heterocycles. The van der Waals surface area contributed by atoms with Gasteiger partial charge in [-0.05, 0) is 66.7 Å². The normalized spacial score (nSPS) is 11.6. The Morgan fingerprint density at radius 3 is 1.55 bits per heavy atom. The smallest absolute Gasteiger partial charge is 0.165 e. The minimum atomic E-state index is 0.642. The second kappa shape index (κ2) is 12.8. The summed E-state index contributed by atoms with van der Waals surface area (Å²) in [5.41, 5.74) is 7.70. The van der Waals surface area contributed by atoms with E-state index < -0.39 is 0 Å². The predicted octanol–water partition coefficient (Wildman–Crippen LogP) is 14.0. The third kappa shape index (κ3) is 5.22. The number of thiophene rings is 1. The zero-order chi connectivity index (χ0) is 36.3. The molecule has 2 heterocycles. The first kappa shape index (κ1) is 31.5. The van der Waals surface area contributed by atoms with Crippen LogP contribution in [0.25, 0.3) is 109 Å². The van der Waals surface area contributed by atoms with Crippen molar-refractivity contribution in [2.45, 2.75) is 0 Å². The molecule has 0 spiro atoms. The highest BCUT2D eigenvalue weighted by Gasteiger charge is 2.22. The third-order valence-corrected chi connectivity index (χ3v) is 12.0. The lowest BCUT2D eigenvalue weighted by atomic mass is 9.88. The number of hydrogen-bond acceptors (Lipinski definition) is 4. The molecule has 0 bridgehead atoms. The van der Waals surface area contributed by atoms with E-state index in [4.69, 9.17) is 15.0 Å². The average Bonchev–Trinajstić information content (AvgIpc) is 3.64. The fraction of sp³-hybridized carbons (Fsp3) is 0. The van der Waals surface area contributed by atoms with Gasteiger partial charge in [0.2, 0.25) is 0 Å². The Morgan fingerprint density at radius 2 is 0.800 bits per heavy atom. The topological polar surface area (TPSA) is 38.7 Å². The van der Waals surface area contributed by atoms with Crippen LogP contribution in [0, 0.1) is 0 Å². The molecule has 0 aliphatic heterocycles. The van der Waals surface area contributed by atoms with Gasteiger partial charge in [0.25, 0.3) is 0 Å². The first-order chi connectivity index (χ1) is 27.3. The van der Waals surface area contributed by atoms with Gasteiger partial charge in [0, 0.05) is 36.9 Å². The molecule has 0 radical (unpaired) electrons. The lowest BCUT2D eigenvalue weighted by Crippen LogP contribution is -2.02. The van der Waals surface area contributed by atoms with Gasteiger partial charge in [-0.1, -0.05) is 176 Å². The van der Waals surface area contributed by atoms with Crippen molar-refractivity contribution in [3.05, 3.63) is 188 Å². The van der Waals surface area contributed by atoms with Crippen LogP contribution in [-0.4, -0.2) is 15.0 Å². The molecule has 0 atom stereocenters. The van der Waals surface area contributed by atoms with Crippen molar-refractivity contribution < 1.29 is 0 Å². The SMILES string of the molecule is c1ccc(-c2c3ccccc3c(-c3nc(-c4ccc(-c5cccc6ccccc56)cc4)nc(-c4cccc5c4sc4ccccc45)n3)c3ccccc23)cc1. The Bertz CT molecular complexity index is 3190. The molecule has 2 aromatic heterocycles. The monoisotopic (exact) mass is 717 g/mol. The largest absolute Gasteiger partial charge is 0.208 e. The molecule has 0 aliphatic rings. The third-order valence-electron chi connectivity index (χ3n) is 10.7. The van der Waals surface area contributed by atoms with E-state index in [1.807, 2.05) is 0 Å². The van der Waals surface area contributed by atoms with Crippen molar-refractivity contribution in [3.8, 4) is 56.4 Å². The van der Waals surface area contributed by atoms with Gasteiger partial charge < -0.3 is 0 Å². The maximum absolute atomic E-state index is 5.41. The van der Waals surface area contributed by atoms with Crippen LogP contribution in [0.5, 0.6) is 0 Å². The van der Waals surface area contributed by atoms with Gasteiger partial charge >= 0.3 is 0 Å². The van der Waals surface area contributed by atoms with E-state index in [1.165, 1.54) is 47.6 Å². The number of hydrogen-bond donors (Lipinski definition) is 0. The van der Waals surface area contributed by atoms with E-state index in [-0.39, 0.29) is 0 Å². The van der Waals surface area contributed by atoms with Crippen molar-refractivity contribution in [1.29, 1.82) is 0 Å². The quantitative estimate of drug-likeness (QED) is 0.166. The van der Waals surface area contributed by atoms with E-state index in [1.54, 1.807) is 11.3 Å². The Kier molecular flexibility index (Phi) is 7.35. The molecule has 11 aromatic rings. The maximum Gasteiger partial charge on any atom is 0.165 e. The number of aromatic nitrogens is 3. The Balaban J connectivity index is 1.18. The number of fused-ring (bicyclic) bond motifs is 6. The zero-order valence-corrected chi connectivity index (χ0v) is 30.5. The summed E-state index contributed by atoms with van der Waals surface area (Å²) >= 11 is 1.79. The second-order valence-corrected chi connectivity index (χ2v) is 15.0. The lowest BCUT2D eigenvalue weighted by molar-refractivity contribution is 1.08. The van der Waals surface area contributed by atoms with Crippen LogP contribution in [0.1, 0.15) is 0 Å². The van der Waals surface area contributed by atoms with Crippen molar-refractivity contribution >= 4 is 63.8 Å². The summed E-state index contributed by atoms with van der Waals surface area (Å²) in [5, 5.41) is 9.46. The van der Waals surface area contributed by atoms with Crippen LogP contribution in [0.4, 0.5) is 0 Å². The molecule has 11 rings (SSSR count). The van der Waals surface area contributed by atoms with Gasteiger partial charge in [0.15, 0.2) is 17.5 Å². The fourth-order valence-corrected chi connectivity index (χ4v) is 9.43. The molecule has 55 heavy (non-hydrogen) atoms. The maximum atomic E-state index is 5.41. The molecule has 9 aromatic carbocycles. The lowest BCUT2D eigenvalue weighted by Gasteiger charge is -2.17. The molecule has 0 N–H and O–H groups in total. The van der Waals surface area contributed by atoms with Crippen molar-refractivity contribution in [2.75, 3.05) is 0 Å². The standard InChI is InChI=1S/C51H31N3S/c1-2-15-34(16-3-1)46-39-20-6-8-22-41(39)47(42-23-9-7-21-40(42)46)51-53-49(35-30-28-33(29-31-35)37-24-12-17-32-14-4-5-18-36(32)37)52-50(54-51)44-26-13-25-43-38-19-10-11-27-45(38)55-48(43)44/h1-31H. The zero-order valence-electron chi connectivity index (χ0n) is 29.6. The van der Waals surface area contributed by atoms with E-state index in [0.717, 1.165) is 43.8 Å². The Labute approximate surface area is 321 Å². The molecule has 4 heteroatoms. The Hall–Kier alpha value is -7.01. The van der Waals surface area contributed by atoms with Gasteiger partial charge in [-0.25, -0.2) is 15.0 Å². The summed E-state index contributed by atoms with van der Waals surface area (Å²) in [6.07, 6.45) is 0. The van der Waals surface area contributed by atoms with Gasteiger partial charge in [-0.15, -0.1) is 11.3 Å². The summed E-state index contributed by atoms with van der Waals surface area (Å²) < 4.78 is 2.42. The minimum Gasteiger partial charge on any atom is -0.208 e. The van der Waals surface area contributed by atoms with Crippen LogP contribution in [0.3, 0.4) is 0 Å². The first-order valence-electron chi connectivity index (χ1n) is 18.5. The predicted molar refractivity (Wildman–Crippen MR) is 232 cm³/mol. The summed E-state index contributed by atoms with van der Waals surface area (Å²) in [4.78, 5) is 16.0. The molecule has 0 amide bonds. The first-order valence-corrected chi connectivity index (χ1v) is 19.3. The van der Waals surface area contributed by atoms with E-state index >= 15 is 0 Å². The van der Waals surface area contributed by atoms with Gasteiger partial charge in [-0.3, -0.25) is 0 Å². The van der Waals surface area contributed by atoms with Gasteiger partial charge in [0.1, 0.15) is 0 Å². The summed E-state index contributed by atoms with van der Waals surface area (Å²) in [6.45, 7) is 0.